The van der Waals surface area contributed by atoms with E-state index in [1.165, 1.54) is 30.3 Å². The van der Waals surface area contributed by atoms with Crippen LogP contribution >= 0.6 is 23.2 Å². The van der Waals surface area contributed by atoms with Crippen molar-refractivity contribution in [2.75, 3.05) is 5.32 Å². The van der Waals surface area contributed by atoms with Gasteiger partial charge in [0.25, 0.3) is 0 Å². The Hall–Kier alpha value is -1.32. The fourth-order valence-corrected chi connectivity index (χ4v) is 1.96. The summed E-state index contributed by atoms with van der Waals surface area (Å²) in [6.07, 6.45) is 0. The van der Waals surface area contributed by atoms with E-state index < -0.39 is 11.6 Å². The van der Waals surface area contributed by atoms with Crippen LogP contribution in [-0.2, 0) is 6.54 Å². The van der Waals surface area contributed by atoms with E-state index in [2.05, 4.69) is 5.32 Å². The topological polar surface area (TPSA) is 12.0 Å². The van der Waals surface area contributed by atoms with Crippen LogP contribution in [0.4, 0.5) is 14.5 Å². The SMILES string of the molecule is Fc1cc(Cl)cc(CNc2cc(Cl)ccc2F)c1. The zero-order chi connectivity index (χ0) is 13.1. The molecule has 18 heavy (non-hydrogen) atoms. The predicted molar refractivity (Wildman–Crippen MR) is 70.1 cm³/mol. The van der Waals surface area contributed by atoms with Gasteiger partial charge in [-0.1, -0.05) is 23.2 Å². The minimum Gasteiger partial charge on any atom is -0.379 e. The van der Waals surface area contributed by atoms with Crippen molar-refractivity contribution in [1.29, 1.82) is 0 Å². The molecule has 94 valence electrons. The number of nitrogens with one attached hydrogen (secondary N) is 1. The van der Waals surface area contributed by atoms with Gasteiger partial charge in [0.2, 0.25) is 0 Å². The Bertz CT molecular complexity index is 553. The molecule has 1 nitrogen and oxygen atoms in total. The number of anilines is 1. The Morgan fingerprint density at radius 3 is 2.44 bits per heavy atom. The van der Waals surface area contributed by atoms with Crippen LogP contribution in [-0.4, -0.2) is 0 Å². The monoisotopic (exact) mass is 287 g/mol. The van der Waals surface area contributed by atoms with Crippen LogP contribution in [0.25, 0.3) is 0 Å². The fraction of sp³-hybridized carbons (Fsp3) is 0.0769. The van der Waals surface area contributed by atoms with Crippen molar-refractivity contribution in [1.82, 2.24) is 0 Å². The molecule has 0 radical (unpaired) electrons. The fourth-order valence-electron chi connectivity index (χ4n) is 1.54. The highest BCUT2D eigenvalue weighted by molar-refractivity contribution is 6.31. The van der Waals surface area contributed by atoms with Gasteiger partial charge in [-0.15, -0.1) is 0 Å². The minimum absolute atomic E-state index is 0.259. The number of hydrogen-bond donors (Lipinski definition) is 1. The quantitative estimate of drug-likeness (QED) is 0.848. The smallest absolute Gasteiger partial charge is 0.146 e. The second kappa shape index (κ2) is 5.55. The summed E-state index contributed by atoms with van der Waals surface area (Å²) in [5, 5.41) is 3.57. The first-order valence-electron chi connectivity index (χ1n) is 5.18. The molecule has 1 N–H and O–H groups in total. The molecule has 0 aromatic heterocycles. The Kier molecular flexibility index (Phi) is 4.04. The second-order valence-corrected chi connectivity index (χ2v) is 4.63. The molecule has 5 heteroatoms. The molecule has 0 atom stereocenters. The summed E-state index contributed by atoms with van der Waals surface area (Å²) in [6.45, 7) is 0.259. The molecule has 0 amide bonds. The van der Waals surface area contributed by atoms with Gasteiger partial charge in [0.15, 0.2) is 0 Å². The summed E-state index contributed by atoms with van der Waals surface area (Å²) in [5.74, 6) is -0.840. The summed E-state index contributed by atoms with van der Waals surface area (Å²) >= 11 is 11.5. The summed E-state index contributed by atoms with van der Waals surface area (Å²) in [4.78, 5) is 0. The van der Waals surface area contributed by atoms with Gasteiger partial charge < -0.3 is 5.32 Å². The zero-order valence-corrected chi connectivity index (χ0v) is 10.7. The van der Waals surface area contributed by atoms with Crippen molar-refractivity contribution in [3.8, 4) is 0 Å². The molecule has 0 heterocycles. The van der Waals surface area contributed by atoms with Crippen LogP contribution in [0.3, 0.4) is 0 Å². The molecule has 0 saturated carbocycles. The van der Waals surface area contributed by atoms with Crippen LogP contribution in [0.5, 0.6) is 0 Å². The van der Waals surface area contributed by atoms with Crippen molar-refractivity contribution in [3.05, 3.63) is 63.6 Å². The number of halogens is 4. The molecule has 0 aliphatic heterocycles. The van der Waals surface area contributed by atoms with Crippen LogP contribution in [0, 0.1) is 11.6 Å². The number of rotatable bonds is 3. The summed E-state index contributed by atoms with van der Waals surface area (Å²) in [5.41, 5.74) is 0.891. The summed E-state index contributed by atoms with van der Waals surface area (Å²) in [7, 11) is 0. The molecule has 0 aliphatic carbocycles. The van der Waals surface area contributed by atoms with Crippen molar-refractivity contribution in [3.63, 3.8) is 0 Å². The molecule has 0 fully saturated rings. The van der Waals surface area contributed by atoms with Crippen molar-refractivity contribution >= 4 is 28.9 Å². The van der Waals surface area contributed by atoms with Gasteiger partial charge in [-0.25, -0.2) is 8.78 Å². The first-order valence-corrected chi connectivity index (χ1v) is 5.94. The summed E-state index contributed by atoms with van der Waals surface area (Å²) < 4.78 is 26.5. The predicted octanol–water partition coefficient (Wildman–Crippen LogP) is 4.88. The van der Waals surface area contributed by atoms with Crippen molar-refractivity contribution in [2.24, 2.45) is 0 Å². The Balaban J connectivity index is 2.13. The van der Waals surface area contributed by atoms with Gasteiger partial charge in [0.1, 0.15) is 11.6 Å². The summed E-state index contributed by atoms with van der Waals surface area (Å²) in [6, 6.07) is 8.36. The minimum atomic E-state index is -0.425. The molecule has 2 rings (SSSR count). The lowest BCUT2D eigenvalue weighted by atomic mass is 10.2. The first-order chi connectivity index (χ1) is 8.54. The largest absolute Gasteiger partial charge is 0.379 e. The maximum Gasteiger partial charge on any atom is 0.146 e. The average molecular weight is 288 g/mol. The lowest BCUT2D eigenvalue weighted by molar-refractivity contribution is 0.625. The van der Waals surface area contributed by atoms with E-state index in [0.29, 0.717) is 15.6 Å². The number of hydrogen-bond acceptors (Lipinski definition) is 1. The lowest BCUT2D eigenvalue weighted by Gasteiger charge is -2.08. The Morgan fingerprint density at radius 2 is 1.72 bits per heavy atom. The van der Waals surface area contributed by atoms with Crippen LogP contribution in [0.2, 0.25) is 10.0 Å². The van der Waals surface area contributed by atoms with E-state index >= 15 is 0 Å². The van der Waals surface area contributed by atoms with Crippen molar-refractivity contribution < 1.29 is 8.78 Å². The second-order valence-electron chi connectivity index (χ2n) is 3.76. The van der Waals surface area contributed by atoms with Gasteiger partial charge >= 0.3 is 0 Å². The molecule has 2 aromatic carbocycles. The van der Waals surface area contributed by atoms with E-state index in [0.717, 1.165) is 0 Å². The third kappa shape index (κ3) is 3.34. The molecule has 0 aliphatic rings. The van der Waals surface area contributed by atoms with E-state index in [-0.39, 0.29) is 12.2 Å². The third-order valence-corrected chi connectivity index (χ3v) is 2.79. The van der Waals surface area contributed by atoms with E-state index in [1.54, 1.807) is 6.07 Å². The Labute approximate surface area is 113 Å². The Morgan fingerprint density at radius 1 is 0.944 bits per heavy atom. The maximum absolute atomic E-state index is 13.4. The zero-order valence-electron chi connectivity index (χ0n) is 9.18. The molecule has 0 saturated heterocycles. The van der Waals surface area contributed by atoms with Gasteiger partial charge in [-0.3, -0.25) is 0 Å². The van der Waals surface area contributed by atoms with E-state index in [4.69, 9.17) is 23.2 Å². The molecular weight excluding hydrogens is 279 g/mol. The van der Waals surface area contributed by atoms with Gasteiger partial charge in [-0.2, -0.15) is 0 Å². The van der Waals surface area contributed by atoms with Gasteiger partial charge in [-0.05, 0) is 42.0 Å². The molecular formula is C13H9Cl2F2N. The highest BCUT2D eigenvalue weighted by atomic mass is 35.5. The molecule has 0 unspecified atom stereocenters. The lowest BCUT2D eigenvalue weighted by Crippen LogP contribution is -2.01. The standard InChI is InChI=1S/C13H9Cl2F2N/c14-9-1-2-12(17)13(6-9)18-7-8-3-10(15)5-11(16)4-8/h1-6,18H,7H2. The van der Waals surface area contributed by atoms with E-state index in [1.807, 2.05) is 0 Å². The molecule has 2 aromatic rings. The van der Waals surface area contributed by atoms with Crippen LogP contribution in [0.15, 0.2) is 36.4 Å². The number of benzene rings is 2. The average Bonchev–Trinajstić information content (AvgIpc) is 2.29. The molecule has 0 bridgehead atoms. The normalized spacial score (nSPS) is 10.4. The van der Waals surface area contributed by atoms with Crippen LogP contribution < -0.4 is 5.32 Å². The van der Waals surface area contributed by atoms with Gasteiger partial charge in [0.05, 0.1) is 5.69 Å². The molecule has 0 spiro atoms. The highest BCUT2D eigenvalue weighted by Crippen LogP contribution is 2.21. The van der Waals surface area contributed by atoms with Crippen LogP contribution in [0.1, 0.15) is 5.56 Å². The third-order valence-electron chi connectivity index (χ3n) is 2.33. The van der Waals surface area contributed by atoms with E-state index in [9.17, 15) is 8.78 Å². The first kappa shape index (κ1) is 13.1. The maximum atomic E-state index is 13.4. The highest BCUT2D eigenvalue weighted by Gasteiger charge is 2.04. The van der Waals surface area contributed by atoms with Crippen molar-refractivity contribution in [2.45, 2.75) is 6.54 Å². The van der Waals surface area contributed by atoms with Gasteiger partial charge in [0, 0.05) is 16.6 Å².